The first-order valence-corrected chi connectivity index (χ1v) is 10.00. The molecule has 1 aromatic heterocycles. The van der Waals surface area contributed by atoms with Crippen molar-refractivity contribution in [1.82, 2.24) is 9.88 Å². The van der Waals surface area contributed by atoms with E-state index in [-0.39, 0.29) is 11.4 Å². The van der Waals surface area contributed by atoms with Crippen LogP contribution in [0.3, 0.4) is 0 Å². The number of hydrogen-bond acceptors (Lipinski definition) is 4. The quantitative estimate of drug-likeness (QED) is 0.439. The van der Waals surface area contributed by atoms with Crippen LogP contribution in [0.4, 0.5) is 5.69 Å². The van der Waals surface area contributed by atoms with E-state index >= 15 is 0 Å². The minimum atomic E-state index is -0.303. The zero-order valence-electron chi connectivity index (χ0n) is 14.9. The molecule has 6 heteroatoms. The van der Waals surface area contributed by atoms with E-state index in [1.54, 1.807) is 12.3 Å². The maximum atomic E-state index is 12.1. The number of nitrogens with one attached hydrogen (secondary N) is 1. The Hall–Kier alpha value is -2.19. The number of likely N-dealkylation sites (tertiary alicyclic amines) is 1. The van der Waals surface area contributed by atoms with Crippen molar-refractivity contribution >= 4 is 45.3 Å². The first-order chi connectivity index (χ1) is 13.0. The predicted molar refractivity (Wildman–Crippen MR) is 117 cm³/mol. The molecule has 0 saturated carbocycles. The third-order valence-electron chi connectivity index (χ3n) is 5.16. The zero-order chi connectivity index (χ0) is 19.0. The highest BCUT2D eigenvalue weighted by atomic mass is 127. The number of H-pyrrole nitrogens is 1. The molecule has 1 saturated heterocycles. The minimum Gasteiger partial charge on any atom is -0.494 e. The van der Waals surface area contributed by atoms with Gasteiger partial charge in [0.15, 0.2) is 0 Å². The van der Waals surface area contributed by atoms with Crippen molar-refractivity contribution in [1.29, 1.82) is 0 Å². The van der Waals surface area contributed by atoms with E-state index in [0.717, 1.165) is 15.8 Å². The Balaban J connectivity index is 1.68. The van der Waals surface area contributed by atoms with E-state index in [0.29, 0.717) is 22.4 Å². The van der Waals surface area contributed by atoms with Gasteiger partial charge in [-0.05, 0) is 78.9 Å². The van der Waals surface area contributed by atoms with Crippen molar-refractivity contribution < 1.29 is 5.11 Å². The van der Waals surface area contributed by atoms with E-state index in [1.165, 1.54) is 18.4 Å². The number of halogens is 1. The second kappa shape index (κ2) is 7.44. The fraction of sp³-hybridized carbons (Fsp3) is 0.238. The number of nitrogens with zero attached hydrogens (tertiary/aromatic N) is 2. The summed E-state index contributed by atoms with van der Waals surface area (Å²) in [6.45, 7) is 1.14. The number of hydrogen-bond donors (Lipinski definition) is 2. The molecular weight excluding hydrogens is 453 g/mol. The average molecular weight is 473 g/mol. The molecule has 0 radical (unpaired) electrons. The van der Waals surface area contributed by atoms with E-state index in [4.69, 9.17) is 0 Å². The molecule has 0 amide bonds. The Bertz CT molecular complexity index is 1070. The van der Waals surface area contributed by atoms with Crippen LogP contribution in [0.15, 0.2) is 52.3 Å². The molecule has 138 valence electrons. The van der Waals surface area contributed by atoms with Crippen molar-refractivity contribution in [2.24, 2.45) is 4.99 Å². The number of rotatable bonds is 3. The normalized spacial score (nSPS) is 17.9. The Labute approximate surface area is 170 Å². The van der Waals surface area contributed by atoms with Gasteiger partial charge in [0, 0.05) is 26.6 Å². The molecule has 1 fully saturated rings. The lowest BCUT2D eigenvalue weighted by atomic mass is 10.0. The molecule has 1 aliphatic rings. The maximum Gasteiger partial charge on any atom is 0.258 e. The summed E-state index contributed by atoms with van der Waals surface area (Å²) in [5, 5.41) is 11.5. The van der Waals surface area contributed by atoms with Crippen LogP contribution in [0.2, 0.25) is 0 Å². The fourth-order valence-electron chi connectivity index (χ4n) is 3.73. The number of fused-ring (bicyclic) bond motifs is 1. The monoisotopic (exact) mass is 473 g/mol. The maximum absolute atomic E-state index is 12.1. The molecule has 0 aliphatic carbocycles. The smallest absolute Gasteiger partial charge is 0.258 e. The van der Waals surface area contributed by atoms with Gasteiger partial charge in [-0.15, -0.1) is 0 Å². The summed E-state index contributed by atoms with van der Waals surface area (Å²) < 4.78 is 0.896. The van der Waals surface area contributed by atoms with Crippen LogP contribution in [0.25, 0.3) is 10.8 Å². The number of pyridine rings is 1. The number of aliphatic imine (C=N–C) groups is 1. The lowest BCUT2D eigenvalue weighted by molar-refractivity contribution is 0.317. The lowest BCUT2D eigenvalue weighted by Gasteiger charge is -2.19. The first kappa shape index (κ1) is 18.2. The molecule has 0 bridgehead atoms. The van der Waals surface area contributed by atoms with Crippen LogP contribution in [-0.4, -0.2) is 34.8 Å². The van der Waals surface area contributed by atoms with E-state index < -0.39 is 0 Å². The van der Waals surface area contributed by atoms with Gasteiger partial charge in [0.25, 0.3) is 5.56 Å². The molecule has 1 aliphatic heterocycles. The van der Waals surface area contributed by atoms with E-state index in [9.17, 15) is 9.90 Å². The molecule has 3 aromatic rings. The predicted octanol–water partition coefficient (Wildman–Crippen LogP) is 4.36. The van der Waals surface area contributed by atoms with Gasteiger partial charge in [-0.2, -0.15) is 0 Å². The highest BCUT2D eigenvalue weighted by Crippen LogP contribution is 2.31. The summed E-state index contributed by atoms with van der Waals surface area (Å²) in [7, 11) is 2.16. The second-order valence-electron chi connectivity index (χ2n) is 6.87. The van der Waals surface area contributed by atoms with Crippen LogP contribution in [0, 0.1) is 3.57 Å². The van der Waals surface area contributed by atoms with Gasteiger partial charge in [0.05, 0.1) is 11.3 Å². The summed E-state index contributed by atoms with van der Waals surface area (Å²) >= 11 is 2.17. The van der Waals surface area contributed by atoms with Crippen molar-refractivity contribution in [3.05, 3.63) is 67.5 Å². The van der Waals surface area contributed by atoms with Crippen LogP contribution in [0.1, 0.15) is 30.0 Å². The van der Waals surface area contributed by atoms with Gasteiger partial charge in [-0.3, -0.25) is 19.7 Å². The van der Waals surface area contributed by atoms with Crippen molar-refractivity contribution in [3.8, 4) is 5.88 Å². The standard InChI is InChI=1S/C21H20IN3O2/c1-25-11-3-6-18(25)13-7-9-14(10-8-13)23-12-16-19-15(4-2-5-17(19)22)20(26)24-21(16)27/h2,4-5,7-10,12,18H,3,6,11H2,1H3,(H2,24,26,27). The highest BCUT2D eigenvalue weighted by Gasteiger charge is 2.22. The van der Waals surface area contributed by atoms with Crippen molar-refractivity contribution in [3.63, 3.8) is 0 Å². The fourth-order valence-corrected chi connectivity index (χ4v) is 4.52. The van der Waals surface area contributed by atoms with Crippen LogP contribution in [-0.2, 0) is 0 Å². The SMILES string of the molecule is CN1CCCC1c1ccc(N=Cc2c(O)[nH]c(=O)c3cccc(I)c23)cc1. The number of benzene rings is 2. The van der Waals surface area contributed by atoms with Gasteiger partial charge in [-0.1, -0.05) is 18.2 Å². The second-order valence-corrected chi connectivity index (χ2v) is 8.03. The molecule has 5 nitrogen and oxygen atoms in total. The van der Waals surface area contributed by atoms with Crippen LogP contribution >= 0.6 is 22.6 Å². The highest BCUT2D eigenvalue weighted by molar-refractivity contribution is 14.1. The molecule has 2 heterocycles. The van der Waals surface area contributed by atoms with Gasteiger partial charge in [-0.25, -0.2) is 0 Å². The molecule has 27 heavy (non-hydrogen) atoms. The topological polar surface area (TPSA) is 68.7 Å². The Kier molecular flexibility index (Phi) is 5.01. The lowest BCUT2D eigenvalue weighted by Crippen LogP contribution is -2.17. The molecule has 2 aromatic carbocycles. The summed E-state index contributed by atoms with van der Waals surface area (Å²) in [6, 6.07) is 14.2. The van der Waals surface area contributed by atoms with Gasteiger partial charge in [0.1, 0.15) is 0 Å². The van der Waals surface area contributed by atoms with Crippen LogP contribution < -0.4 is 5.56 Å². The van der Waals surface area contributed by atoms with Gasteiger partial charge < -0.3 is 5.11 Å². The Morgan fingerprint density at radius 2 is 2.04 bits per heavy atom. The largest absolute Gasteiger partial charge is 0.494 e. The third kappa shape index (κ3) is 3.51. The Morgan fingerprint density at radius 3 is 2.74 bits per heavy atom. The van der Waals surface area contributed by atoms with Gasteiger partial charge >= 0.3 is 0 Å². The molecule has 1 atom stereocenters. The average Bonchev–Trinajstić information content (AvgIpc) is 3.08. The molecule has 2 N–H and O–H groups in total. The van der Waals surface area contributed by atoms with E-state index in [1.807, 2.05) is 24.3 Å². The summed E-state index contributed by atoms with van der Waals surface area (Å²) in [5.74, 6) is -0.162. The first-order valence-electron chi connectivity index (χ1n) is 8.92. The third-order valence-corrected chi connectivity index (χ3v) is 6.05. The summed E-state index contributed by atoms with van der Waals surface area (Å²) in [4.78, 5) is 21.5. The number of aromatic nitrogens is 1. The minimum absolute atomic E-state index is 0.162. The van der Waals surface area contributed by atoms with Gasteiger partial charge in [0.2, 0.25) is 5.88 Å². The van der Waals surface area contributed by atoms with Crippen molar-refractivity contribution in [2.75, 3.05) is 13.6 Å². The zero-order valence-corrected chi connectivity index (χ0v) is 17.1. The van der Waals surface area contributed by atoms with E-state index in [2.05, 4.69) is 56.6 Å². The van der Waals surface area contributed by atoms with Crippen molar-refractivity contribution in [2.45, 2.75) is 18.9 Å². The molecular formula is C21H20IN3O2. The summed E-state index contributed by atoms with van der Waals surface area (Å²) in [6.07, 6.45) is 4.04. The summed E-state index contributed by atoms with van der Waals surface area (Å²) in [5.41, 5.74) is 2.34. The number of aromatic amines is 1. The Morgan fingerprint density at radius 1 is 1.26 bits per heavy atom. The number of aromatic hydroxyl groups is 1. The molecule has 4 rings (SSSR count). The van der Waals surface area contributed by atoms with Crippen LogP contribution in [0.5, 0.6) is 5.88 Å². The molecule has 0 spiro atoms. The molecule has 1 unspecified atom stereocenters.